The highest BCUT2D eigenvalue weighted by Crippen LogP contribution is 2.07. The lowest BCUT2D eigenvalue weighted by molar-refractivity contribution is -0.204. The molecule has 0 spiro atoms. The van der Waals surface area contributed by atoms with Crippen molar-refractivity contribution in [3.8, 4) is 0 Å². The molecule has 0 heterocycles. The van der Waals surface area contributed by atoms with E-state index >= 15 is 0 Å². The Bertz CT molecular complexity index is 248. The highest BCUT2D eigenvalue weighted by atomic mass is 16.6. The fourth-order valence-corrected chi connectivity index (χ4v) is 0.834. The Morgan fingerprint density at radius 3 is 2.38 bits per heavy atom. The number of rotatable bonds is 6. The molecule has 0 rings (SSSR count). The van der Waals surface area contributed by atoms with E-state index in [9.17, 15) is 9.59 Å². The van der Waals surface area contributed by atoms with Crippen LogP contribution in [0, 0.1) is 0 Å². The highest BCUT2D eigenvalue weighted by molar-refractivity contribution is 5.79. The second-order valence-corrected chi connectivity index (χ2v) is 3.20. The molecule has 7 heteroatoms. The first-order valence-electron chi connectivity index (χ1n) is 4.74. The largest absolute Gasteiger partial charge is 0.463 e. The average molecular weight is 236 g/mol. The van der Waals surface area contributed by atoms with Crippen molar-refractivity contribution in [3.05, 3.63) is 0 Å². The Hall–Kier alpha value is -1.18. The smallest absolute Gasteiger partial charge is 0.347 e. The molecule has 0 bridgehead atoms. The quantitative estimate of drug-likeness (QED) is 0.381. The SMILES string of the molecule is CCOC(=O)C(C)OC(=O)CC(O)(O)CO. The summed E-state index contributed by atoms with van der Waals surface area (Å²) >= 11 is 0. The second kappa shape index (κ2) is 6.41. The van der Waals surface area contributed by atoms with Crippen molar-refractivity contribution < 1.29 is 34.4 Å². The van der Waals surface area contributed by atoms with Crippen molar-refractivity contribution >= 4 is 11.9 Å². The van der Waals surface area contributed by atoms with Gasteiger partial charge in [-0.05, 0) is 13.8 Å². The van der Waals surface area contributed by atoms with Gasteiger partial charge in [-0.1, -0.05) is 0 Å². The molecule has 7 nitrogen and oxygen atoms in total. The van der Waals surface area contributed by atoms with E-state index in [-0.39, 0.29) is 6.61 Å². The highest BCUT2D eigenvalue weighted by Gasteiger charge is 2.29. The maximum Gasteiger partial charge on any atom is 0.347 e. The standard InChI is InChI=1S/C9H16O7/c1-3-15-8(12)6(2)16-7(11)4-9(13,14)5-10/h6,10,13-14H,3-5H2,1-2H3. The van der Waals surface area contributed by atoms with Crippen LogP contribution in [0.1, 0.15) is 20.3 Å². The molecular formula is C9H16O7. The first-order valence-corrected chi connectivity index (χ1v) is 4.74. The van der Waals surface area contributed by atoms with Crippen molar-refractivity contribution in [2.45, 2.75) is 32.2 Å². The molecule has 0 aromatic carbocycles. The molecule has 0 aliphatic heterocycles. The summed E-state index contributed by atoms with van der Waals surface area (Å²) in [6, 6.07) is 0. The molecule has 0 saturated heterocycles. The maximum absolute atomic E-state index is 11.1. The normalized spacial score (nSPS) is 13.1. The van der Waals surface area contributed by atoms with E-state index in [0.717, 1.165) is 0 Å². The summed E-state index contributed by atoms with van der Waals surface area (Å²) in [6.07, 6.45) is -1.95. The van der Waals surface area contributed by atoms with Crippen LogP contribution in [-0.2, 0) is 19.1 Å². The zero-order valence-electron chi connectivity index (χ0n) is 9.17. The Balaban J connectivity index is 4.10. The van der Waals surface area contributed by atoms with Crippen molar-refractivity contribution in [2.24, 2.45) is 0 Å². The number of aliphatic hydroxyl groups excluding tert-OH is 1. The van der Waals surface area contributed by atoms with Crippen molar-refractivity contribution in [3.63, 3.8) is 0 Å². The van der Waals surface area contributed by atoms with Gasteiger partial charge in [-0.15, -0.1) is 0 Å². The molecule has 0 aliphatic rings. The summed E-state index contributed by atoms with van der Waals surface area (Å²) in [6.45, 7) is 2.05. The van der Waals surface area contributed by atoms with Crippen LogP contribution in [0.2, 0.25) is 0 Å². The molecule has 0 fully saturated rings. The zero-order chi connectivity index (χ0) is 12.8. The number of aliphatic hydroxyl groups is 3. The van der Waals surface area contributed by atoms with Gasteiger partial charge < -0.3 is 24.8 Å². The molecule has 94 valence electrons. The minimum atomic E-state index is -2.54. The third kappa shape index (κ3) is 5.64. The van der Waals surface area contributed by atoms with Gasteiger partial charge in [-0.3, -0.25) is 4.79 Å². The minimum Gasteiger partial charge on any atom is -0.463 e. The van der Waals surface area contributed by atoms with Crippen LogP contribution in [0.4, 0.5) is 0 Å². The van der Waals surface area contributed by atoms with Crippen molar-refractivity contribution in [1.82, 2.24) is 0 Å². The molecule has 0 aromatic heterocycles. The maximum atomic E-state index is 11.1. The van der Waals surface area contributed by atoms with Gasteiger partial charge in [0.05, 0.1) is 13.2 Å². The summed E-state index contributed by atoms with van der Waals surface area (Å²) < 4.78 is 9.13. The summed E-state index contributed by atoms with van der Waals surface area (Å²) in [5.41, 5.74) is 0. The number of esters is 2. The van der Waals surface area contributed by atoms with Gasteiger partial charge in [-0.2, -0.15) is 0 Å². The molecule has 16 heavy (non-hydrogen) atoms. The fraction of sp³-hybridized carbons (Fsp3) is 0.778. The second-order valence-electron chi connectivity index (χ2n) is 3.20. The van der Waals surface area contributed by atoms with Crippen LogP contribution in [0.25, 0.3) is 0 Å². The summed E-state index contributed by atoms with van der Waals surface area (Å²) in [5.74, 6) is -4.27. The van der Waals surface area contributed by atoms with E-state index in [2.05, 4.69) is 9.47 Å². The number of hydrogen-bond acceptors (Lipinski definition) is 7. The van der Waals surface area contributed by atoms with Gasteiger partial charge in [0.25, 0.3) is 0 Å². The monoisotopic (exact) mass is 236 g/mol. The third-order valence-electron chi connectivity index (χ3n) is 1.61. The van der Waals surface area contributed by atoms with Crippen LogP contribution in [0.5, 0.6) is 0 Å². The number of carbonyl (C=O) groups excluding carboxylic acids is 2. The summed E-state index contributed by atoms with van der Waals surface area (Å²) in [7, 11) is 0. The van der Waals surface area contributed by atoms with Gasteiger partial charge in [0.15, 0.2) is 11.9 Å². The fourth-order valence-electron chi connectivity index (χ4n) is 0.834. The van der Waals surface area contributed by atoms with Crippen LogP contribution in [0.3, 0.4) is 0 Å². The van der Waals surface area contributed by atoms with Gasteiger partial charge in [-0.25, -0.2) is 4.79 Å². The Labute approximate surface area is 92.6 Å². The zero-order valence-corrected chi connectivity index (χ0v) is 9.17. The number of carbonyl (C=O) groups is 2. The van der Waals surface area contributed by atoms with Crippen molar-refractivity contribution in [1.29, 1.82) is 0 Å². The molecule has 0 aromatic rings. The lowest BCUT2D eigenvalue weighted by atomic mass is 10.2. The Kier molecular flexibility index (Phi) is 5.94. The van der Waals surface area contributed by atoms with Gasteiger partial charge >= 0.3 is 11.9 Å². The molecule has 0 saturated carbocycles. The third-order valence-corrected chi connectivity index (χ3v) is 1.61. The number of ether oxygens (including phenoxy) is 2. The van der Waals surface area contributed by atoms with Gasteiger partial charge in [0.1, 0.15) is 6.42 Å². The van der Waals surface area contributed by atoms with E-state index in [1.807, 2.05) is 0 Å². The van der Waals surface area contributed by atoms with Crippen molar-refractivity contribution in [2.75, 3.05) is 13.2 Å². The van der Waals surface area contributed by atoms with Crippen LogP contribution in [0.15, 0.2) is 0 Å². The van der Waals surface area contributed by atoms with E-state index < -0.39 is 36.9 Å². The first-order chi connectivity index (χ1) is 7.32. The molecule has 3 N–H and O–H groups in total. The molecular weight excluding hydrogens is 220 g/mol. The molecule has 0 amide bonds. The molecule has 1 atom stereocenters. The first kappa shape index (κ1) is 14.8. The lowest BCUT2D eigenvalue weighted by Gasteiger charge is -2.18. The topological polar surface area (TPSA) is 113 Å². The predicted octanol–water partition coefficient (Wildman–Crippen LogP) is -1.46. The Morgan fingerprint density at radius 1 is 1.38 bits per heavy atom. The van der Waals surface area contributed by atoms with E-state index in [4.69, 9.17) is 15.3 Å². The van der Waals surface area contributed by atoms with E-state index in [0.29, 0.717) is 0 Å². The molecule has 1 unspecified atom stereocenters. The predicted molar refractivity (Wildman–Crippen MR) is 51.1 cm³/mol. The van der Waals surface area contributed by atoms with E-state index in [1.165, 1.54) is 6.92 Å². The van der Waals surface area contributed by atoms with Crippen LogP contribution < -0.4 is 0 Å². The van der Waals surface area contributed by atoms with Gasteiger partial charge in [0, 0.05) is 0 Å². The van der Waals surface area contributed by atoms with E-state index in [1.54, 1.807) is 6.92 Å². The lowest BCUT2D eigenvalue weighted by Crippen LogP contribution is -2.37. The molecule has 0 aliphatic carbocycles. The summed E-state index contributed by atoms with van der Waals surface area (Å²) in [4.78, 5) is 22.1. The van der Waals surface area contributed by atoms with Crippen LogP contribution in [-0.4, -0.2) is 52.4 Å². The van der Waals surface area contributed by atoms with Gasteiger partial charge in [0.2, 0.25) is 0 Å². The number of hydrogen-bond donors (Lipinski definition) is 3. The Morgan fingerprint density at radius 2 is 1.94 bits per heavy atom. The minimum absolute atomic E-state index is 0.154. The van der Waals surface area contributed by atoms with Crippen LogP contribution >= 0.6 is 0 Å². The average Bonchev–Trinajstić information content (AvgIpc) is 2.17. The molecule has 0 radical (unpaired) electrons. The summed E-state index contributed by atoms with van der Waals surface area (Å²) in [5, 5.41) is 26.3.